The fourth-order valence-corrected chi connectivity index (χ4v) is 2.54. The molecule has 0 unspecified atom stereocenters. The molecule has 0 amide bonds. The van der Waals surface area contributed by atoms with E-state index in [2.05, 4.69) is 14.3 Å². The van der Waals surface area contributed by atoms with Gasteiger partial charge in [0, 0.05) is 39.1 Å². The van der Waals surface area contributed by atoms with Crippen molar-refractivity contribution in [1.29, 1.82) is 0 Å². The van der Waals surface area contributed by atoms with E-state index in [1.807, 2.05) is 55.5 Å². The van der Waals surface area contributed by atoms with E-state index >= 15 is 0 Å². The van der Waals surface area contributed by atoms with Crippen LogP contribution in [0.4, 0.5) is 5.82 Å². The van der Waals surface area contributed by atoms with E-state index in [1.54, 1.807) is 0 Å². The summed E-state index contributed by atoms with van der Waals surface area (Å²) in [6, 6.07) is 6.02. The van der Waals surface area contributed by atoms with Gasteiger partial charge in [0.1, 0.15) is 11.5 Å². The molecule has 0 radical (unpaired) electrons. The number of rotatable bonds is 5. The van der Waals surface area contributed by atoms with Crippen molar-refractivity contribution >= 4 is 11.5 Å². The van der Waals surface area contributed by atoms with Gasteiger partial charge in [0.15, 0.2) is 5.82 Å². The standard InChI is InChI=1S/C15H20N6/c1-19-10-8-17-14(19)11-20(2)15-12(6-7-16)21-9-4-3-5-13(21)18-15/h3-5,8-10H,6-7,11,16H2,1-2H3. The molecule has 2 N–H and O–H groups in total. The van der Waals surface area contributed by atoms with Crippen LogP contribution in [0.1, 0.15) is 11.5 Å². The number of hydrogen-bond donors (Lipinski definition) is 1. The first-order valence-corrected chi connectivity index (χ1v) is 7.04. The molecule has 0 fully saturated rings. The van der Waals surface area contributed by atoms with Crippen molar-refractivity contribution in [3.05, 3.63) is 48.3 Å². The van der Waals surface area contributed by atoms with Crippen LogP contribution in [0.3, 0.4) is 0 Å². The average molecular weight is 284 g/mol. The first-order chi connectivity index (χ1) is 10.2. The largest absolute Gasteiger partial charge is 0.351 e. The van der Waals surface area contributed by atoms with Gasteiger partial charge in [0.2, 0.25) is 0 Å². The van der Waals surface area contributed by atoms with Gasteiger partial charge in [-0.25, -0.2) is 9.97 Å². The van der Waals surface area contributed by atoms with Crippen LogP contribution in [0.25, 0.3) is 5.65 Å². The minimum atomic E-state index is 0.603. The molecule has 0 spiro atoms. The highest BCUT2D eigenvalue weighted by Crippen LogP contribution is 2.22. The van der Waals surface area contributed by atoms with Crippen LogP contribution >= 0.6 is 0 Å². The van der Waals surface area contributed by atoms with Crippen molar-refractivity contribution in [2.45, 2.75) is 13.0 Å². The Balaban J connectivity index is 1.98. The zero-order valence-corrected chi connectivity index (χ0v) is 12.4. The fraction of sp³-hybridized carbons (Fsp3) is 0.333. The number of imidazole rings is 2. The first kappa shape index (κ1) is 13.6. The predicted molar refractivity (Wildman–Crippen MR) is 83.3 cm³/mol. The smallest absolute Gasteiger partial charge is 0.151 e. The number of aromatic nitrogens is 4. The topological polar surface area (TPSA) is 64.4 Å². The predicted octanol–water partition coefficient (Wildman–Crippen LogP) is 1.21. The summed E-state index contributed by atoms with van der Waals surface area (Å²) in [6.45, 7) is 1.32. The third-order valence-corrected chi connectivity index (χ3v) is 3.65. The van der Waals surface area contributed by atoms with Gasteiger partial charge in [-0.2, -0.15) is 0 Å². The summed E-state index contributed by atoms with van der Waals surface area (Å²) in [7, 11) is 4.04. The van der Waals surface area contributed by atoms with Crippen molar-refractivity contribution in [3.8, 4) is 0 Å². The maximum absolute atomic E-state index is 5.76. The molecule has 0 saturated carbocycles. The van der Waals surface area contributed by atoms with E-state index in [9.17, 15) is 0 Å². The highest BCUT2D eigenvalue weighted by molar-refractivity contribution is 5.55. The Bertz CT molecular complexity index is 742. The van der Waals surface area contributed by atoms with Gasteiger partial charge in [-0.15, -0.1) is 0 Å². The quantitative estimate of drug-likeness (QED) is 0.765. The highest BCUT2D eigenvalue weighted by atomic mass is 15.2. The molecule has 3 heterocycles. The molecule has 0 aliphatic carbocycles. The number of nitrogens with zero attached hydrogens (tertiary/aromatic N) is 5. The summed E-state index contributed by atoms with van der Waals surface area (Å²) < 4.78 is 4.13. The number of aryl methyl sites for hydroxylation is 1. The van der Waals surface area contributed by atoms with E-state index in [0.717, 1.165) is 29.4 Å². The Hall–Kier alpha value is -2.34. The molecule has 0 aromatic carbocycles. The molecular weight excluding hydrogens is 264 g/mol. The van der Waals surface area contributed by atoms with E-state index in [1.165, 1.54) is 0 Å². The highest BCUT2D eigenvalue weighted by Gasteiger charge is 2.16. The number of fused-ring (bicyclic) bond motifs is 1. The molecule has 0 atom stereocenters. The molecule has 0 bridgehead atoms. The first-order valence-electron chi connectivity index (χ1n) is 7.04. The molecule has 0 aliphatic rings. The van der Waals surface area contributed by atoms with Gasteiger partial charge >= 0.3 is 0 Å². The van der Waals surface area contributed by atoms with Gasteiger partial charge in [0.05, 0.1) is 12.2 Å². The van der Waals surface area contributed by atoms with Crippen molar-refractivity contribution in [2.75, 3.05) is 18.5 Å². The molecule has 3 aromatic rings. The van der Waals surface area contributed by atoms with E-state index in [-0.39, 0.29) is 0 Å². The second-order valence-electron chi connectivity index (χ2n) is 5.16. The van der Waals surface area contributed by atoms with Crippen LogP contribution in [-0.4, -0.2) is 32.5 Å². The number of anilines is 1. The van der Waals surface area contributed by atoms with Gasteiger partial charge in [-0.05, 0) is 18.7 Å². The average Bonchev–Trinajstić information content (AvgIpc) is 3.04. The number of hydrogen-bond acceptors (Lipinski definition) is 4. The lowest BCUT2D eigenvalue weighted by Gasteiger charge is -2.18. The summed E-state index contributed by atoms with van der Waals surface area (Å²) in [6.07, 6.45) is 6.60. The molecule has 21 heavy (non-hydrogen) atoms. The SMILES string of the molecule is CN(Cc1nccn1C)c1nc2ccccn2c1CCN. The zero-order chi connectivity index (χ0) is 14.8. The molecule has 3 rings (SSSR count). The van der Waals surface area contributed by atoms with Crippen LogP contribution in [0, 0.1) is 0 Å². The van der Waals surface area contributed by atoms with Crippen molar-refractivity contribution in [1.82, 2.24) is 18.9 Å². The van der Waals surface area contributed by atoms with E-state index in [0.29, 0.717) is 13.1 Å². The maximum atomic E-state index is 5.76. The van der Waals surface area contributed by atoms with Gasteiger partial charge in [-0.3, -0.25) is 0 Å². The molecular formula is C15H20N6. The van der Waals surface area contributed by atoms with Gasteiger partial charge < -0.3 is 19.6 Å². The lowest BCUT2D eigenvalue weighted by atomic mass is 10.3. The second-order valence-corrected chi connectivity index (χ2v) is 5.16. The third-order valence-electron chi connectivity index (χ3n) is 3.65. The van der Waals surface area contributed by atoms with Gasteiger partial charge in [0.25, 0.3) is 0 Å². The molecule has 6 heteroatoms. The Morgan fingerprint density at radius 2 is 2.14 bits per heavy atom. The number of nitrogens with two attached hydrogens (primary N) is 1. The summed E-state index contributed by atoms with van der Waals surface area (Å²) in [5, 5.41) is 0. The van der Waals surface area contributed by atoms with E-state index < -0.39 is 0 Å². The van der Waals surface area contributed by atoms with Crippen LogP contribution < -0.4 is 10.6 Å². The zero-order valence-electron chi connectivity index (χ0n) is 12.4. The Morgan fingerprint density at radius 3 is 2.86 bits per heavy atom. The summed E-state index contributed by atoms with van der Waals surface area (Å²) in [4.78, 5) is 11.2. The Labute approximate surface area is 123 Å². The maximum Gasteiger partial charge on any atom is 0.151 e. The lowest BCUT2D eigenvalue weighted by Crippen LogP contribution is -2.21. The molecule has 110 valence electrons. The van der Waals surface area contributed by atoms with Gasteiger partial charge in [-0.1, -0.05) is 6.07 Å². The van der Waals surface area contributed by atoms with Crippen molar-refractivity contribution in [2.24, 2.45) is 12.8 Å². The number of pyridine rings is 1. The van der Waals surface area contributed by atoms with Crippen molar-refractivity contribution < 1.29 is 0 Å². The normalized spacial score (nSPS) is 11.2. The minimum Gasteiger partial charge on any atom is -0.351 e. The molecule has 6 nitrogen and oxygen atoms in total. The van der Waals surface area contributed by atoms with Crippen LogP contribution in [0.2, 0.25) is 0 Å². The summed E-state index contributed by atoms with van der Waals surface area (Å²) >= 11 is 0. The van der Waals surface area contributed by atoms with Crippen molar-refractivity contribution in [3.63, 3.8) is 0 Å². The van der Waals surface area contributed by atoms with Crippen LogP contribution in [-0.2, 0) is 20.0 Å². The summed E-state index contributed by atoms with van der Waals surface area (Å²) in [5.74, 6) is 1.97. The second kappa shape index (κ2) is 5.57. The lowest BCUT2D eigenvalue weighted by molar-refractivity contribution is 0.751. The van der Waals surface area contributed by atoms with E-state index in [4.69, 9.17) is 10.7 Å². The Kier molecular flexibility index (Phi) is 3.62. The molecule has 0 saturated heterocycles. The van der Waals surface area contributed by atoms with Crippen LogP contribution in [0.15, 0.2) is 36.8 Å². The monoisotopic (exact) mass is 284 g/mol. The minimum absolute atomic E-state index is 0.603. The summed E-state index contributed by atoms with van der Waals surface area (Å²) in [5.41, 5.74) is 7.85. The Morgan fingerprint density at radius 1 is 1.29 bits per heavy atom. The van der Waals surface area contributed by atoms with Crippen LogP contribution in [0.5, 0.6) is 0 Å². The third kappa shape index (κ3) is 2.50. The fourth-order valence-electron chi connectivity index (χ4n) is 2.54. The molecule has 0 aliphatic heterocycles. The molecule has 3 aromatic heterocycles.